The Kier molecular flexibility index (Phi) is 6.08. The van der Waals surface area contributed by atoms with Crippen molar-refractivity contribution in [3.05, 3.63) is 51.8 Å². The van der Waals surface area contributed by atoms with Gasteiger partial charge in [-0.05, 0) is 30.4 Å². The smallest absolute Gasteiger partial charge is 0.269 e. The number of nitro groups is 1. The SMILES string of the molecule is O=C(C1CCN(c2cc(N3CCOCC3)ncn2)CC1)N1CCc2ccc([N+](=O)[O-])cc2C1. The number of rotatable bonds is 4. The van der Waals surface area contributed by atoms with Gasteiger partial charge < -0.3 is 19.4 Å². The molecule has 10 nitrogen and oxygen atoms in total. The molecule has 0 N–H and O–H groups in total. The first-order chi connectivity index (χ1) is 16.1. The summed E-state index contributed by atoms with van der Waals surface area (Å²) >= 11 is 0. The third-order valence-corrected chi connectivity index (χ3v) is 6.87. The molecule has 0 atom stereocenters. The van der Waals surface area contributed by atoms with E-state index in [1.165, 1.54) is 0 Å². The number of anilines is 2. The van der Waals surface area contributed by atoms with E-state index in [1.807, 2.05) is 17.0 Å². The number of aromatic nitrogens is 2. The zero-order valence-corrected chi connectivity index (χ0v) is 18.6. The number of carbonyl (C=O) groups excluding carboxylic acids is 1. The van der Waals surface area contributed by atoms with E-state index in [0.29, 0.717) is 26.3 Å². The van der Waals surface area contributed by atoms with E-state index in [4.69, 9.17) is 4.74 Å². The first-order valence-corrected chi connectivity index (χ1v) is 11.5. The number of fused-ring (bicyclic) bond motifs is 1. The van der Waals surface area contributed by atoms with Crippen molar-refractivity contribution in [3.63, 3.8) is 0 Å². The largest absolute Gasteiger partial charge is 0.378 e. The summed E-state index contributed by atoms with van der Waals surface area (Å²) in [4.78, 5) is 39.2. The molecular formula is C23H28N6O4. The van der Waals surface area contributed by atoms with Crippen LogP contribution in [0.15, 0.2) is 30.6 Å². The maximum absolute atomic E-state index is 13.2. The Morgan fingerprint density at radius 1 is 0.970 bits per heavy atom. The Labute approximate surface area is 192 Å². The molecule has 0 unspecified atom stereocenters. The third-order valence-electron chi connectivity index (χ3n) is 6.87. The average molecular weight is 453 g/mol. The van der Waals surface area contributed by atoms with Crippen LogP contribution in [0.4, 0.5) is 17.3 Å². The Balaban J connectivity index is 1.20. The number of hydrogen-bond donors (Lipinski definition) is 0. The second kappa shape index (κ2) is 9.30. The summed E-state index contributed by atoms with van der Waals surface area (Å²) in [6.07, 6.45) is 3.90. The van der Waals surface area contributed by atoms with Gasteiger partial charge in [0.15, 0.2) is 0 Å². The number of nitro benzene ring substituents is 1. The van der Waals surface area contributed by atoms with Gasteiger partial charge in [-0.15, -0.1) is 0 Å². The molecule has 3 aliphatic heterocycles. The molecule has 174 valence electrons. The van der Waals surface area contributed by atoms with Gasteiger partial charge in [0, 0.05) is 63.4 Å². The van der Waals surface area contributed by atoms with Gasteiger partial charge in [-0.3, -0.25) is 14.9 Å². The lowest BCUT2D eigenvalue weighted by Gasteiger charge is -2.36. The van der Waals surface area contributed by atoms with Crippen LogP contribution in [0.3, 0.4) is 0 Å². The number of hydrogen-bond acceptors (Lipinski definition) is 8. The summed E-state index contributed by atoms with van der Waals surface area (Å²) in [7, 11) is 0. The van der Waals surface area contributed by atoms with E-state index in [9.17, 15) is 14.9 Å². The van der Waals surface area contributed by atoms with Gasteiger partial charge in [-0.2, -0.15) is 0 Å². The lowest BCUT2D eigenvalue weighted by molar-refractivity contribution is -0.385. The van der Waals surface area contributed by atoms with Crippen molar-refractivity contribution in [2.75, 3.05) is 55.7 Å². The van der Waals surface area contributed by atoms with Crippen molar-refractivity contribution in [1.82, 2.24) is 14.9 Å². The predicted molar refractivity (Wildman–Crippen MR) is 122 cm³/mol. The summed E-state index contributed by atoms with van der Waals surface area (Å²) in [6, 6.07) is 7.00. The molecule has 2 aromatic rings. The van der Waals surface area contributed by atoms with Crippen molar-refractivity contribution in [2.45, 2.75) is 25.8 Å². The van der Waals surface area contributed by atoms with Crippen LogP contribution < -0.4 is 9.80 Å². The van der Waals surface area contributed by atoms with E-state index >= 15 is 0 Å². The Bertz CT molecular complexity index is 1030. The van der Waals surface area contributed by atoms with Gasteiger partial charge in [0.1, 0.15) is 18.0 Å². The van der Waals surface area contributed by atoms with Crippen LogP contribution in [0.25, 0.3) is 0 Å². The predicted octanol–water partition coefficient (Wildman–Crippen LogP) is 2.02. The van der Waals surface area contributed by atoms with Crippen LogP contribution >= 0.6 is 0 Å². The van der Waals surface area contributed by atoms with E-state index in [0.717, 1.165) is 68.2 Å². The molecule has 2 fully saturated rings. The van der Waals surface area contributed by atoms with Crippen LogP contribution in [-0.2, 0) is 22.5 Å². The normalized spacial score (nSPS) is 19.3. The molecule has 4 heterocycles. The van der Waals surface area contributed by atoms with E-state index in [-0.39, 0.29) is 22.4 Å². The fourth-order valence-corrected chi connectivity index (χ4v) is 4.93. The van der Waals surface area contributed by atoms with Crippen LogP contribution in [0.1, 0.15) is 24.0 Å². The minimum atomic E-state index is -0.381. The number of morpholine rings is 1. The van der Waals surface area contributed by atoms with Crippen LogP contribution in [0.5, 0.6) is 0 Å². The summed E-state index contributed by atoms with van der Waals surface area (Å²) in [5.74, 6) is 1.95. The second-order valence-electron chi connectivity index (χ2n) is 8.82. The number of benzene rings is 1. The molecule has 0 radical (unpaired) electrons. The standard InChI is InChI=1S/C23H28N6O4/c30-23(28-8-3-17-1-2-20(29(31)32)13-19(17)15-28)18-4-6-26(7-5-18)21-14-22(25-16-24-21)27-9-11-33-12-10-27/h1-2,13-14,16,18H,3-12,15H2. The molecule has 1 amide bonds. The van der Waals surface area contributed by atoms with Gasteiger partial charge in [-0.1, -0.05) is 6.07 Å². The van der Waals surface area contributed by atoms with E-state index in [2.05, 4.69) is 19.8 Å². The summed E-state index contributed by atoms with van der Waals surface area (Å²) in [6.45, 7) is 5.73. The average Bonchev–Trinajstić information content (AvgIpc) is 2.88. The highest BCUT2D eigenvalue weighted by atomic mass is 16.6. The quantitative estimate of drug-likeness (QED) is 0.513. The fourth-order valence-electron chi connectivity index (χ4n) is 4.93. The lowest BCUT2D eigenvalue weighted by Crippen LogP contribution is -2.44. The molecule has 2 saturated heterocycles. The van der Waals surface area contributed by atoms with Crippen molar-refractivity contribution in [3.8, 4) is 0 Å². The van der Waals surface area contributed by atoms with Crippen molar-refractivity contribution in [1.29, 1.82) is 0 Å². The zero-order valence-electron chi connectivity index (χ0n) is 18.6. The number of piperidine rings is 1. The van der Waals surface area contributed by atoms with Gasteiger partial charge in [0.25, 0.3) is 5.69 Å². The van der Waals surface area contributed by atoms with E-state index < -0.39 is 0 Å². The molecule has 1 aromatic heterocycles. The number of ether oxygens (including phenoxy) is 1. The molecule has 33 heavy (non-hydrogen) atoms. The number of carbonyl (C=O) groups is 1. The van der Waals surface area contributed by atoms with Gasteiger partial charge in [-0.25, -0.2) is 9.97 Å². The molecule has 0 aliphatic carbocycles. The Morgan fingerprint density at radius 3 is 2.36 bits per heavy atom. The van der Waals surface area contributed by atoms with Crippen molar-refractivity contribution >= 4 is 23.2 Å². The van der Waals surface area contributed by atoms with Crippen LogP contribution in [-0.4, -0.2) is 71.6 Å². The minimum absolute atomic E-state index is 0.0259. The highest BCUT2D eigenvalue weighted by molar-refractivity contribution is 5.79. The second-order valence-corrected chi connectivity index (χ2v) is 8.82. The molecular weight excluding hydrogens is 424 g/mol. The Morgan fingerprint density at radius 2 is 1.67 bits per heavy atom. The summed E-state index contributed by atoms with van der Waals surface area (Å²) in [5.41, 5.74) is 2.06. The van der Waals surface area contributed by atoms with Gasteiger partial charge in [0.05, 0.1) is 18.1 Å². The van der Waals surface area contributed by atoms with Crippen molar-refractivity contribution < 1.29 is 14.5 Å². The molecule has 0 spiro atoms. The third kappa shape index (κ3) is 4.61. The first kappa shape index (κ1) is 21.6. The maximum Gasteiger partial charge on any atom is 0.269 e. The van der Waals surface area contributed by atoms with Crippen LogP contribution in [0, 0.1) is 16.0 Å². The molecule has 5 rings (SSSR count). The lowest BCUT2D eigenvalue weighted by atomic mass is 9.93. The number of amides is 1. The maximum atomic E-state index is 13.2. The Hall–Kier alpha value is -3.27. The number of non-ortho nitro benzene ring substituents is 1. The van der Waals surface area contributed by atoms with Crippen LogP contribution in [0.2, 0.25) is 0 Å². The minimum Gasteiger partial charge on any atom is -0.378 e. The van der Waals surface area contributed by atoms with Gasteiger partial charge in [0.2, 0.25) is 5.91 Å². The molecule has 10 heteroatoms. The van der Waals surface area contributed by atoms with Crippen molar-refractivity contribution in [2.24, 2.45) is 5.92 Å². The topological polar surface area (TPSA) is 105 Å². The molecule has 0 bridgehead atoms. The highest BCUT2D eigenvalue weighted by Crippen LogP contribution is 2.29. The summed E-state index contributed by atoms with van der Waals surface area (Å²) in [5, 5.41) is 11.1. The molecule has 3 aliphatic rings. The molecule has 1 aromatic carbocycles. The number of nitrogens with zero attached hydrogens (tertiary/aromatic N) is 6. The fraction of sp³-hybridized carbons (Fsp3) is 0.522. The van der Waals surface area contributed by atoms with E-state index in [1.54, 1.807) is 18.5 Å². The highest BCUT2D eigenvalue weighted by Gasteiger charge is 2.31. The zero-order chi connectivity index (χ0) is 22.8. The van der Waals surface area contributed by atoms with Gasteiger partial charge >= 0.3 is 0 Å². The monoisotopic (exact) mass is 452 g/mol. The molecule has 0 saturated carbocycles. The summed E-state index contributed by atoms with van der Waals surface area (Å²) < 4.78 is 5.43. The first-order valence-electron chi connectivity index (χ1n) is 11.5.